The lowest BCUT2D eigenvalue weighted by Gasteiger charge is -2.13. The van der Waals surface area contributed by atoms with Crippen molar-refractivity contribution < 1.29 is 9.90 Å². The molecule has 3 rings (SSSR count). The lowest BCUT2D eigenvalue weighted by molar-refractivity contribution is -0.137. The maximum Gasteiger partial charge on any atom is 0.267 e. The van der Waals surface area contributed by atoms with E-state index in [4.69, 9.17) is 0 Å². The van der Waals surface area contributed by atoms with Crippen LogP contribution in [0.3, 0.4) is 0 Å². The molecule has 1 aliphatic rings. The Morgan fingerprint density at radius 1 is 1.27 bits per heavy atom. The van der Waals surface area contributed by atoms with Crippen molar-refractivity contribution in [2.75, 3.05) is 13.6 Å². The Balaban J connectivity index is 1.89. The molecule has 1 aliphatic heterocycles. The van der Waals surface area contributed by atoms with Crippen molar-refractivity contribution in [1.82, 2.24) is 9.88 Å². The summed E-state index contributed by atoms with van der Waals surface area (Å²) in [5.74, 6) is 5.31. The van der Waals surface area contributed by atoms with Gasteiger partial charge in [0.15, 0.2) is 0 Å². The predicted molar refractivity (Wildman–Crippen MR) is 83.8 cm³/mol. The first-order valence-electron chi connectivity index (χ1n) is 7.11. The first-order chi connectivity index (χ1) is 10.6. The van der Waals surface area contributed by atoms with Crippen LogP contribution in [0.4, 0.5) is 0 Å². The number of aromatic nitrogens is 1. The van der Waals surface area contributed by atoms with Crippen LogP contribution in [0.2, 0.25) is 0 Å². The lowest BCUT2D eigenvalue weighted by Crippen LogP contribution is -2.37. The van der Waals surface area contributed by atoms with E-state index in [1.54, 1.807) is 13.2 Å². The van der Waals surface area contributed by atoms with E-state index in [0.717, 1.165) is 16.8 Å². The highest BCUT2D eigenvalue weighted by Crippen LogP contribution is 2.21. The van der Waals surface area contributed by atoms with Crippen molar-refractivity contribution in [1.29, 1.82) is 0 Å². The van der Waals surface area contributed by atoms with Crippen LogP contribution in [0.1, 0.15) is 12.0 Å². The number of hydrogen-bond acceptors (Lipinski definition) is 3. The topological polar surface area (TPSA) is 53.4 Å². The second kappa shape index (κ2) is 5.63. The largest absolute Gasteiger partial charge is 0.369 e. The van der Waals surface area contributed by atoms with E-state index in [1.807, 2.05) is 42.5 Å². The number of nitrogens with zero attached hydrogens (tertiary/aromatic N) is 2. The van der Waals surface area contributed by atoms with Crippen LogP contribution in [0.25, 0.3) is 11.3 Å². The van der Waals surface area contributed by atoms with Crippen molar-refractivity contribution in [3.63, 3.8) is 0 Å². The number of aliphatic hydroxyl groups is 1. The Bertz CT molecular complexity index is 761. The van der Waals surface area contributed by atoms with Crippen LogP contribution in [-0.4, -0.2) is 40.1 Å². The molecule has 110 valence electrons. The Morgan fingerprint density at radius 2 is 2.14 bits per heavy atom. The molecular formula is C18H16N2O2. The third-order valence-electron chi connectivity index (χ3n) is 3.75. The zero-order chi connectivity index (χ0) is 15.6. The quantitative estimate of drug-likeness (QED) is 0.814. The summed E-state index contributed by atoms with van der Waals surface area (Å²) in [6.45, 7) is 0.526. The van der Waals surface area contributed by atoms with Gasteiger partial charge in [0.1, 0.15) is 0 Å². The zero-order valence-electron chi connectivity index (χ0n) is 12.3. The summed E-state index contributed by atoms with van der Waals surface area (Å²) in [6, 6.07) is 13.3. The minimum atomic E-state index is -1.56. The fraction of sp³-hybridized carbons (Fsp3) is 0.222. The Labute approximate surface area is 129 Å². The van der Waals surface area contributed by atoms with Gasteiger partial charge in [0.25, 0.3) is 5.91 Å². The van der Waals surface area contributed by atoms with Gasteiger partial charge in [-0.2, -0.15) is 0 Å². The maximum atomic E-state index is 11.9. The molecule has 2 aromatic rings. The third kappa shape index (κ3) is 2.72. The van der Waals surface area contributed by atoms with E-state index in [1.165, 1.54) is 4.90 Å². The summed E-state index contributed by atoms with van der Waals surface area (Å²) in [5, 5.41) is 10.3. The van der Waals surface area contributed by atoms with Crippen LogP contribution in [0, 0.1) is 11.8 Å². The van der Waals surface area contributed by atoms with Crippen molar-refractivity contribution >= 4 is 5.91 Å². The molecule has 1 atom stereocenters. The second-order valence-corrected chi connectivity index (χ2v) is 5.38. The van der Waals surface area contributed by atoms with Gasteiger partial charge in [0, 0.05) is 37.3 Å². The summed E-state index contributed by atoms with van der Waals surface area (Å²) in [7, 11) is 1.67. The van der Waals surface area contributed by atoms with E-state index in [-0.39, 0.29) is 5.91 Å². The van der Waals surface area contributed by atoms with Gasteiger partial charge in [0.2, 0.25) is 5.60 Å². The number of rotatable bonds is 1. The fourth-order valence-electron chi connectivity index (χ4n) is 2.44. The lowest BCUT2D eigenvalue weighted by atomic mass is 10.0. The molecule has 0 radical (unpaired) electrons. The molecule has 2 heterocycles. The smallest absolute Gasteiger partial charge is 0.267 e. The molecule has 1 aromatic heterocycles. The normalized spacial score (nSPS) is 20.6. The monoisotopic (exact) mass is 292 g/mol. The van der Waals surface area contributed by atoms with Crippen LogP contribution in [-0.2, 0) is 4.79 Å². The van der Waals surface area contributed by atoms with Gasteiger partial charge in [-0.1, -0.05) is 30.0 Å². The van der Waals surface area contributed by atoms with Crippen LogP contribution >= 0.6 is 0 Å². The number of benzene rings is 1. The number of amides is 1. The van der Waals surface area contributed by atoms with Gasteiger partial charge in [-0.3, -0.25) is 9.78 Å². The number of carbonyl (C=O) groups excluding carboxylic acids is 1. The molecule has 0 saturated carbocycles. The Kier molecular flexibility index (Phi) is 3.66. The van der Waals surface area contributed by atoms with E-state index in [9.17, 15) is 9.90 Å². The van der Waals surface area contributed by atoms with Crippen molar-refractivity contribution in [2.24, 2.45) is 0 Å². The minimum absolute atomic E-state index is 0.333. The molecule has 1 aromatic carbocycles. The highest BCUT2D eigenvalue weighted by Gasteiger charge is 2.42. The van der Waals surface area contributed by atoms with E-state index < -0.39 is 5.60 Å². The number of likely N-dealkylation sites (tertiary alicyclic amines) is 1. The Morgan fingerprint density at radius 3 is 2.82 bits per heavy atom. The molecule has 0 aliphatic carbocycles. The van der Waals surface area contributed by atoms with Gasteiger partial charge >= 0.3 is 0 Å². The molecule has 1 N–H and O–H groups in total. The van der Waals surface area contributed by atoms with Crippen LogP contribution in [0.15, 0.2) is 48.7 Å². The van der Waals surface area contributed by atoms with E-state index in [0.29, 0.717) is 13.0 Å². The summed E-state index contributed by atoms with van der Waals surface area (Å²) >= 11 is 0. The highest BCUT2D eigenvalue weighted by molar-refractivity contribution is 5.90. The number of pyridine rings is 1. The Hall–Kier alpha value is -2.64. The summed E-state index contributed by atoms with van der Waals surface area (Å²) < 4.78 is 0. The molecule has 1 amide bonds. The van der Waals surface area contributed by atoms with Crippen LogP contribution < -0.4 is 0 Å². The number of hydrogen-bond donors (Lipinski definition) is 1. The minimum Gasteiger partial charge on any atom is -0.369 e. The van der Waals surface area contributed by atoms with E-state index >= 15 is 0 Å². The average Bonchev–Trinajstić information content (AvgIpc) is 2.82. The first-order valence-corrected chi connectivity index (χ1v) is 7.11. The molecule has 0 bridgehead atoms. The highest BCUT2D eigenvalue weighted by atomic mass is 16.3. The number of carbonyl (C=O) groups is 1. The molecule has 1 saturated heterocycles. The number of likely N-dealkylation sites (N-methyl/N-ethyl adjacent to an activating group) is 1. The van der Waals surface area contributed by atoms with Gasteiger partial charge < -0.3 is 10.0 Å². The third-order valence-corrected chi connectivity index (χ3v) is 3.75. The van der Waals surface area contributed by atoms with Gasteiger partial charge in [-0.05, 0) is 24.3 Å². The summed E-state index contributed by atoms with van der Waals surface area (Å²) in [6.07, 6.45) is 2.08. The molecule has 4 nitrogen and oxygen atoms in total. The van der Waals surface area contributed by atoms with Crippen molar-refractivity contribution in [2.45, 2.75) is 12.0 Å². The molecule has 4 heteroatoms. The van der Waals surface area contributed by atoms with Crippen molar-refractivity contribution in [3.8, 4) is 23.1 Å². The molecule has 0 unspecified atom stereocenters. The summed E-state index contributed by atoms with van der Waals surface area (Å²) in [4.78, 5) is 17.7. The molecular weight excluding hydrogens is 276 g/mol. The maximum absolute atomic E-state index is 11.9. The molecule has 22 heavy (non-hydrogen) atoms. The molecule has 0 spiro atoms. The summed E-state index contributed by atoms with van der Waals surface area (Å²) in [5.41, 5.74) is 1.00. The van der Waals surface area contributed by atoms with Crippen LogP contribution in [0.5, 0.6) is 0 Å². The fourth-order valence-corrected chi connectivity index (χ4v) is 2.44. The molecule has 1 fully saturated rings. The SMILES string of the molecule is CN1CC[C@@](O)(C#Cc2cccc(-c3ccccn3)c2)C1=O. The average molecular weight is 292 g/mol. The van der Waals surface area contributed by atoms with E-state index in [2.05, 4.69) is 16.8 Å². The first kappa shape index (κ1) is 14.3. The van der Waals surface area contributed by atoms with Gasteiger partial charge in [0.05, 0.1) is 5.69 Å². The van der Waals surface area contributed by atoms with Gasteiger partial charge in [-0.25, -0.2) is 0 Å². The second-order valence-electron chi connectivity index (χ2n) is 5.38. The van der Waals surface area contributed by atoms with Crippen molar-refractivity contribution in [3.05, 3.63) is 54.2 Å². The van der Waals surface area contributed by atoms with Gasteiger partial charge in [-0.15, -0.1) is 0 Å². The zero-order valence-corrected chi connectivity index (χ0v) is 12.3. The predicted octanol–water partition coefficient (Wildman–Crippen LogP) is 1.69. The standard InChI is InChI=1S/C18H16N2O2/c1-20-12-10-18(22,17(20)21)9-8-14-5-4-6-15(13-14)16-7-2-3-11-19-16/h2-7,11,13,22H,10,12H2,1H3/t18-/m0/s1.